The minimum absolute atomic E-state index is 0.0449. The third-order valence-electron chi connectivity index (χ3n) is 3.65. The van der Waals surface area contributed by atoms with Crippen molar-refractivity contribution < 1.29 is 0 Å². The minimum atomic E-state index is 0.0449. The van der Waals surface area contributed by atoms with Crippen molar-refractivity contribution in [3.8, 4) is 0 Å². The summed E-state index contributed by atoms with van der Waals surface area (Å²) in [4.78, 5) is 23.9. The smallest absolute Gasteiger partial charge is 0.257 e. The van der Waals surface area contributed by atoms with E-state index in [1.165, 1.54) is 12.8 Å². The quantitative estimate of drug-likeness (QED) is 0.762. The predicted molar refractivity (Wildman–Crippen MR) is 66.3 cm³/mol. The molecule has 5 nitrogen and oxygen atoms in total. The number of anilines is 1. The first-order valence-corrected chi connectivity index (χ1v) is 6.29. The number of nitrogens with one attached hydrogen (secondary N) is 1. The Labute approximate surface area is 100 Å². The molecule has 2 aliphatic rings. The number of rotatable bonds is 1. The third kappa shape index (κ3) is 1.95. The van der Waals surface area contributed by atoms with Gasteiger partial charge in [0.2, 0.25) is 5.95 Å². The molecule has 2 aliphatic heterocycles. The van der Waals surface area contributed by atoms with E-state index in [2.05, 4.69) is 19.8 Å². The maximum Gasteiger partial charge on any atom is 0.257 e. The van der Waals surface area contributed by atoms with Crippen LogP contribution in [-0.4, -0.2) is 41.5 Å². The summed E-state index contributed by atoms with van der Waals surface area (Å²) in [7, 11) is 2.04. The third-order valence-corrected chi connectivity index (χ3v) is 3.65. The molecule has 0 radical (unpaired) electrons. The number of aromatic nitrogens is 2. The molecule has 1 fully saturated rings. The molecule has 0 spiro atoms. The molecule has 3 heterocycles. The van der Waals surface area contributed by atoms with Crippen LogP contribution in [0.2, 0.25) is 0 Å². The second kappa shape index (κ2) is 4.14. The number of nitrogens with zero attached hydrogens (tertiary/aromatic N) is 3. The normalized spacial score (nSPS) is 20.6. The molecule has 5 heteroatoms. The van der Waals surface area contributed by atoms with Crippen LogP contribution < -0.4 is 10.5 Å². The van der Waals surface area contributed by atoms with Crippen LogP contribution in [0.25, 0.3) is 0 Å². The summed E-state index contributed by atoms with van der Waals surface area (Å²) < 4.78 is 0. The lowest BCUT2D eigenvalue weighted by Gasteiger charge is -2.25. The molecule has 0 aromatic carbocycles. The highest BCUT2D eigenvalue weighted by Gasteiger charge is 2.21. The molecule has 0 atom stereocenters. The van der Waals surface area contributed by atoms with Gasteiger partial charge in [0.1, 0.15) is 0 Å². The lowest BCUT2D eigenvalue weighted by Crippen LogP contribution is -2.35. The second-order valence-corrected chi connectivity index (χ2v) is 5.00. The molecular formula is C12H18N4O. The number of H-pyrrole nitrogens is 1. The van der Waals surface area contributed by atoms with Gasteiger partial charge in [0, 0.05) is 32.6 Å². The molecule has 1 aromatic heterocycles. The molecule has 0 saturated carbocycles. The number of hydrogen-bond donors (Lipinski definition) is 1. The summed E-state index contributed by atoms with van der Waals surface area (Å²) in [6.07, 6.45) is 3.28. The Morgan fingerprint density at radius 3 is 2.76 bits per heavy atom. The molecular weight excluding hydrogens is 216 g/mol. The van der Waals surface area contributed by atoms with Crippen molar-refractivity contribution in [2.24, 2.45) is 0 Å². The fraction of sp³-hybridized carbons (Fsp3) is 0.667. The van der Waals surface area contributed by atoms with Crippen LogP contribution in [0.5, 0.6) is 0 Å². The molecule has 92 valence electrons. The molecule has 1 N–H and O–H groups in total. The van der Waals surface area contributed by atoms with E-state index in [9.17, 15) is 4.79 Å². The first kappa shape index (κ1) is 10.8. The van der Waals surface area contributed by atoms with Gasteiger partial charge in [0.15, 0.2) is 0 Å². The van der Waals surface area contributed by atoms with Crippen LogP contribution in [0.4, 0.5) is 5.95 Å². The van der Waals surface area contributed by atoms with E-state index in [-0.39, 0.29) is 5.56 Å². The van der Waals surface area contributed by atoms with Crippen molar-refractivity contribution in [1.82, 2.24) is 14.9 Å². The van der Waals surface area contributed by atoms with Crippen LogP contribution in [0.1, 0.15) is 24.1 Å². The average molecular weight is 234 g/mol. The number of likely N-dealkylation sites (N-methyl/N-ethyl adjacent to an activating group) is 1. The van der Waals surface area contributed by atoms with Gasteiger partial charge in [-0.25, -0.2) is 4.98 Å². The van der Waals surface area contributed by atoms with Gasteiger partial charge in [-0.2, -0.15) is 0 Å². The largest absolute Gasteiger partial charge is 0.342 e. The highest BCUT2D eigenvalue weighted by molar-refractivity contribution is 5.35. The van der Waals surface area contributed by atoms with Gasteiger partial charge < -0.3 is 9.80 Å². The van der Waals surface area contributed by atoms with Crippen LogP contribution >= 0.6 is 0 Å². The van der Waals surface area contributed by atoms with Crippen LogP contribution in [0.15, 0.2) is 4.79 Å². The molecule has 3 rings (SSSR count). The van der Waals surface area contributed by atoms with Crippen LogP contribution in [-0.2, 0) is 13.0 Å². The lowest BCUT2D eigenvalue weighted by atomic mass is 10.1. The standard InChI is InChI=1S/C12H18N4O/c1-15-7-4-10-9(8-15)11(17)14-12(13-10)16-5-2-3-6-16/h2-8H2,1H3,(H,13,14,17). The molecule has 1 saturated heterocycles. The zero-order valence-electron chi connectivity index (χ0n) is 10.2. The first-order valence-electron chi connectivity index (χ1n) is 6.29. The van der Waals surface area contributed by atoms with Crippen LogP contribution in [0, 0.1) is 0 Å². The Bertz CT molecular complexity index is 476. The second-order valence-electron chi connectivity index (χ2n) is 5.00. The highest BCUT2D eigenvalue weighted by atomic mass is 16.1. The Hall–Kier alpha value is -1.36. The minimum Gasteiger partial charge on any atom is -0.342 e. The van der Waals surface area contributed by atoms with Gasteiger partial charge in [-0.3, -0.25) is 9.78 Å². The zero-order chi connectivity index (χ0) is 11.8. The van der Waals surface area contributed by atoms with E-state index >= 15 is 0 Å². The topological polar surface area (TPSA) is 52.2 Å². The van der Waals surface area contributed by atoms with E-state index in [4.69, 9.17) is 0 Å². The van der Waals surface area contributed by atoms with E-state index in [1.807, 2.05) is 7.05 Å². The van der Waals surface area contributed by atoms with E-state index in [0.717, 1.165) is 49.8 Å². The van der Waals surface area contributed by atoms with E-state index in [1.54, 1.807) is 0 Å². The zero-order valence-corrected chi connectivity index (χ0v) is 10.2. The maximum atomic E-state index is 12.0. The molecule has 17 heavy (non-hydrogen) atoms. The van der Waals surface area contributed by atoms with Gasteiger partial charge >= 0.3 is 0 Å². The molecule has 0 aliphatic carbocycles. The average Bonchev–Trinajstić information content (AvgIpc) is 2.83. The van der Waals surface area contributed by atoms with Crippen molar-refractivity contribution in [1.29, 1.82) is 0 Å². The van der Waals surface area contributed by atoms with Gasteiger partial charge in [-0.05, 0) is 19.9 Å². The summed E-state index contributed by atoms with van der Waals surface area (Å²) in [5.41, 5.74) is 1.89. The lowest BCUT2D eigenvalue weighted by molar-refractivity contribution is 0.307. The van der Waals surface area contributed by atoms with Crippen molar-refractivity contribution >= 4 is 5.95 Å². The maximum absolute atomic E-state index is 12.0. The Morgan fingerprint density at radius 1 is 1.24 bits per heavy atom. The molecule has 0 bridgehead atoms. The molecule has 0 amide bonds. The Kier molecular flexibility index (Phi) is 2.63. The summed E-state index contributed by atoms with van der Waals surface area (Å²) in [5, 5.41) is 0. The van der Waals surface area contributed by atoms with Crippen molar-refractivity contribution in [3.05, 3.63) is 21.6 Å². The van der Waals surface area contributed by atoms with Gasteiger partial charge in [0.05, 0.1) is 11.3 Å². The number of fused-ring (bicyclic) bond motifs is 1. The number of hydrogen-bond acceptors (Lipinski definition) is 4. The predicted octanol–water partition coefficient (Wildman–Crippen LogP) is 0.358. The Morgan fingerprint density at radius 2 is 2.00 bits per heavy atom. The monoisotopic (exact) mass is 234 g/mol. The van der Waals surface area contributed by atoms with Gasteiger partial charge in [-0.1, -0.05) is 0 Å². The van der Waals surface area contributed by atoms with Gasteiger partial charge in [-0.15, -0.1) is 0 Å². The van der Waals surface area contributed by atoms with Crippen molar-refractivity contribution in [3.63, 3.8) is 0 Å². The Balaban J connectivity index is 1.98. The summed E-state index contributed by atoms with van der Waals surface area (Å²) in [6.45, 7) is 3.74. The van der Waals surface area contributed by atoms with Gasteiger partial charge in [0.25, 0.3) is 5.56 Å². The fourth-order valence-corrected chi connectivity index (χ4v) is 2.63. The SMILES string of the molecule is CN1CCc2nc(N3CCCC3)[nH]c(=O)c2C1. The van der Waals surface area contributed by atoms with Crippen LogP contribution in [0.3, 0.4) is 0 Å². The molecule has 0 unspecified atom stereocenters. The number of aromatic amines is 1. The van der Waals surface area contributed by atoms with Crippen molar-refractivity contribution in [2.45, 2.75) is 25.8 Å². The van der Waals surface area contributed by atoms with Crippen molar-refractivity contribution in [2.75, 3.05) is 31.6 Å². The summed E-state index contributed by atoms with van der Waals surface area (Å²) in [6, 6.07) is 0. The summed E-state index contributed by atoms with van der Waals surface area (Å²) in [5.74, 6) is 0.774. The fourth-order valence-electron chi connectivity index (χ4n) is 2.63. The van der Waals surface area contributed by atoms with E-state index in [0.29, 0.717) is 0 Å². The summed E-state index contributed by atoms with van der Waals surface area (Å²) >= 11 is 0. The van der Waals surface area contributed by atoms with E-state index < -0.39 is 0 Å². The highest BCUT2D eigenvalue weighted by Crippen LogP contribution is 2.18. The molecule has 1 aromatic rings. The first-order chi connectivity index (χ1) is 8.24.